The van der Waals surface area contributed by atoms with Crippen LogP contribution < -0.4 is 15.3 Å². The molecule has 0 spiro atoms. The fraction of sp³-hybridized carbons (Fsp3) is 0.238. The SMILES string of the molecule is C=C/C(=c1/nc(C)ccc1=C)N1CCc2ccc(C)c(OC)c2C1=O. The molecule has 4 heteroatoms. The number of benzene rings is 1. The van der Waals surface area contributed by atoms with Gasteiger partial charge in [0.2, 0.25) is 0 Å². The molecule has 1 aliphatic rings. The van der Waals surface area contributed by atoms with Gasteiger partial charge in [-0.1, -0.05) is 31.4 Å². The summed E-state index contributed by atoms with van der Waals surface area (Å²) in [5.41, 5.74) is 4.15. The molecular formula is C21H22N2O2. The minimum absolute atomic E-state index is 0.0839. The molecule has 1 amide bonds. The number of ether oxygens (including phenoxy) is 1. The second-order valence-corrected chi connectivity index (χ2v) is 6.21. The summed E-state index contributed by atoms with van der Waals surface area (Å²) in [5, 5.41) is 1.47. The number of carbonyl (C=O) groups is 1. The number of rotatable bonds is 3. The van der Waals surface area contributed by atoms with Crippen molar-refractivity contribution in [3.63, 3.8) is 0 Å². The Morgan fingerprint density at radius 1 is 1.28 bits per heavy atom. The molecule has 2 heterocycles. The van der Waals surface area contributed by atoms with E-state index in [1.54, 1.807) is 18.1 Å². The molecule has 0 fully saturated rings. The first-order valence-corrected chi connectivity index (χ1v) is 8.25. The quantitative estimate of drug-likeness (QED) is 0.863. The Kier molecular flexibility index (Phi) is 4.45. The van der Waals surface area contributed by atoms with Gasteiger partial charge in [-0.2, -0.15) is 0 Å². The molecule has 128 valence electrons. The van der Waals surface area contributed by atoms with Crippen molar-refractivity contribution in [2.75, 3.05) is 13.7 Å². The summed E-state index contributed by atoms with van der Waals surface area (Å²) in [6.07, 6.45) is 2.44. The molecule has 0 aliphatic carbocycles. The number of methoxy groups -OCH3 is 1. The molecular weight excluding hydrogens is 312 g/mol. The molecule has 4 nitrogen and oxygen atoms in total. The second-order valence-electron chi connectivity index (χ2n) is 6.21. The first-order chi connectivity index (χ1) is 12.0. The van der Waals surface area contributed by atoms with E-state index in [0.29, 0.717) is 28.9 Å². The zero-order valence-corrected chi connectivity index (χ0v) is 14.9. The highest BCUT2D eigenvalue weighted by Gasteiger charge is 2.30. The smallest absolute Gasteiger partial charge is 0.262 e. The van der Waals surface area contributed by atoms with E-state index < -0.39 is 0 Å². The summed E-state index contributed by atoms with van der Waals surface area (Å²) >= 11 is 0. The molecule has 2 aromatic rings. The molecule has 1 aliphatic heterocycles. The maximum Gasteiger partial charge on any atom is 0.262 e. The Morgan fingerprint density at radius 3 is 2.72 bits per heavy atom. The number of carbonyl (C=O) groups excluding carboxylic acids is 1. The van der Waals surface area contributed by atoms with Crippen molar-refractivity contribution in [3.05, 3.63) is 69.9 Å². The lowest BCUT2D eigenvalue weighted by Gasteiger charge is -2.30. The Bertz CT molecular complexity index is 976. The highest BCUT2D eigenvalue weighted by Crippen LogP contribution is 2.32. The van der Waals surface area contributed by atoms with Crippen LogP contribution in [0.15, 0.2) is 36.9 Å². The number of aromatic nitrogens is 1. The van der Waals surface area contributed by atoms with Gasteiger partial charge in [0.15, 0.2) is 0 Å². The lowest BCUT2D eigenvalue weighted by molar-refractivity contribution is 0.0818. The monoisotopic (exact) mass is 334 g/mol. The zero-order chi connectivity index (χ0) is 18.1. The molecule has 0 radical (unpaired) electrons. The van der Waals surface area contributed by atoms with Crippen molar-refractivity contribution in [1.29, 1.82) is 0 Å². The number of hydrogen-bond donors (Lipinski definition) is 0. The largest absolute Gasteiger partial charge is 0.496 e. The third-order valence-corrected chi connectivity index (χ3v) is 4.55. The van der Waals surface area contributed by atoms with Crippen LogP contribution in [0, 0.1) is 13.8 Å². The molecule has 0 bridgehead atoms. The molecule has 0 saturated heterocycles. The minimum atomic E-state index is -0.0839. The maximum absolute atomic E-state index is 13.2. The lowest BCUT2D eigenvalue weighted by Crippen LogP contribution is -2.42. The van der Waals surface area contributed by atoms with Gasteiger partial charge in [0.05, 0.1) is 23.7 Å². The highest BCUT2D eigenvalue weighted by molar-refractivity contribution is 6.03. The van der Waals surface area contributed by atoms with Crippen molar-refractivity contribution in [3.8, 4) is 5.75 Å². The number of pyridine rings is 1. The summed E-state index contributed by atoms with van der Waals surface area (Å²) in [7, 11) is 1.60. The van der Waals surface area contributed by atoms with Crippen molar-refractivity contribution < 1.29 is 9.53 Å². The van der Waals surface area contributed by atoms with E-state index in [0.717, 1.165) is 28.5 Å². The first kappa shape index (κ1) is 17.0. The fourth-order valence-electron chi connectivity index (χ4n) is 3.27. The molecule has 1 aromatic carbocycles. The van der Waals surface area contributed by atoms with Crippen LogP contribution in [-0.4, -0.2) is 29.4 Å². The number of aryl methyl sites for hydroxylation is 2. The number of fused-ring (bicyclic) bond motifs is 1. The Balaban J connectivity index is 2.22. The van der Waals surface area contributed by atoms with Crippen LogP contribution in [0.4, 0.5) is 0 Å². The predicted molar refractivity (Wildman–Crippen MR) is 99.8 cm³/mol. The maximum atomic E-state index is 13.2. The van der Waals surface area contributed by atoms with Crippen molar-refractivity contribution in [1.82, 2.24) is 9.88 Å². The van der Waals surface area contributed by atoms with Crippen LogP contribution in [0.2, 0.25) is 0 Å². The van der Waals surface area contributed by atoms with E-state index in [-0.39, 0.29) is 5.91 Å². The molecule has 0 saturated carbocycles. The molecule has 25 heavy (non-hydrogen) atoms. The Morgan fingerprint density at radius 2 is 2.04 bits per heavy atom. The summed E-state index contributed by atoms with van der Waals surface area (Å²) in [5.74, 6) is 0.557. The molecule has 3 rings (SSSR count). The normalized spacial score (nSPS) is 14.8. The molecule has 0 unspecified atom stereocenters. The van der Waals surface area contributed by atoms with Gasteiger partial charge < -0.3 is 9.64 Å². The number of amides is 1. The van der Waals surface area contributed by atoms with Crippen molar-refractivity contribution in [2.45, 2.75) is 20.3 Å². The average molecular weight is 334 g/mol. The standard InChI is InChI=1S/C21H22N2O2/c1-6-17(19-13(2)7-9-15(4)22-19)23-12-11-16-10-8-14(3)20(25-5)18(16)21(23)24/h6-10H,1-2,11-12H2,3-5H3/b19-17-. The minimum Gasteiger partial charge on any atom is -0.496 e. The predicted octanol–water partition coefficient (Wildman–Crippen LogP) is 2.11. The van der Waals surface area contributed by atoms with E-state index in [1.807, 2.05) is 38.1 Å². The average Bonchev–Trinajstić information content (AvgIpc) is 2.60. The van der Waals surface area contributed by atoms with Gasteiger partial charge in [0.25, 0.3) is 5.91 Å². The van der Waals surface area contributed by atoms with Crippen LogP contribution in [-0.2, 0) is 6.42 Å². The summed E-state index contributed by atoms with van der Waals surface area (Å²) in [4.78, 5) is 19.6. The van der Waals surface area contributed by atoms with Gasteiger partial charge >= 0.3 is 0 Å². The highest BCUT2D eigenvalue weighted by atomic mass is 16.5. The third-order valence-electron chi connectivity index (χ3n) is 4.55. The van der Waals surface area contributed by atoms with E-state index >= 15 is 0 Å². The van der Waals surface area contributed by atoms with Crippen LogP contribution in [0.5, 0.6) is 5.75 Å². The summed E-state index contributed by atoms with van der Waals surface area (Å²) < 4.78 is 5.51. The first-order valence-electron chi connectivity index (χ1n) is 8.25. The summed E-state index contributed by atoms with van der Waals surface area (Å²) in [6.45, 7) is 12.4. The molecule has 1 aromatic heterocycles. The summed E-state index contributed by atoms with van der Waals surface area (Å²) in [6, 6.07) is 7.82. The molecule has 0 atom stereocenters. The van der Waals surface area contributed by atoms with Gasteiger partial charge in [-0.05, 0) is 48.8 Å². The zero-order valence-electron chi connectivity index (χ0n) is 14.9. The van der Waals surface area contributed by atoms with Gasteiger partial charge in [0.1, 0.15) is 5.75 Å². The van der Waals surface area contributed by atoms with Gasteiger partial charge in [0, 0.05) is 12.2 Å². The fourth-order valence-corrected chi connectivity index (χ4v) is 3.27. The van der Waals surface area contributed by atoms with E-state index in [1.165, 1.54) is 0 Å². The van der Waals surface area contributed by atoms with E-state index in [4.69, 9.17) is 4.74 Å². The van der Waals surface area contributed by atoms with E-state index in [9.17, 15) is 4.79 Å². The second kappa shape index (κ2) is 6.55. The van der Waals surface area contributed by atoms with Gasteiger partial charge in [-0.3, -0.25) is 9.78 Å². The van der Waals surface area contributed by atoms with Crippen LogP contribution in [0.1, 0.15) is 27.2 Å². The third kappa shape index (κ3) is 2.84. The Hall–Kier alpha value is -2.88. The van der Waals surface area contributed by atoms with Crippen molar-refractivity contribution in [2.24, 2.45) is 0 Å². The topological polar surface area (TPSA) is 42.4 Å². The lowest BCUT2D eigenvalue weighted by atomic mass is 9.95. The van der Waals surface area contributed by atoms with Crippen LogP contribution in [0.25, 0.3) is 12.3 Å². The van der Waals surface area contributed by atoms with Crippen LogP contribution >= 0.6 is 0 Å². The van der Waals surface area contributed by atoms with Crippen molar-refractivity contribution >= 4 is 18.2 Å². The Labute approximate surface area is 147 Å². The number of nitrogens with zero attached hydrogens (tertiary/aromatic N) is 2. The van der Waals surface area contributed by atoms with Gasteiger partial charge in [-0.25, -0.2) is 0 Å². The van der Waals surface area contributed by atoms with Crippen LogP contribution in [0.3, 0.4) is 0 Å². The number of hydrogen-bond acceptors (Lipinski definition) is 3. The molecule has 0 N–H and O–H groups in total. The van der Waals surface area contributed by atoms with E-state index in [2.05, 4.69) is 18.1 Å². The van der Waals surface area contributed by atoms with Gasteiger partial charge in [-0.15, -0.1) is 0 Å².